The van der Waals surface area contributed by atoms with Gasteiger partial charge in [0.05, 0.1) is 16.9 Å². The van der Waals surface area contributed by atoms with Gasteiger partial charge < -0.3 is 0 Å². The van der Waals surface area contributed by atoms with Crippen molar-refractivity contribution in [2.24, 2.45) is 0 Å². The summed E-state index contributed by atoms with van der Waals surface area (Å²) in [5, 5.41) is 0.123. The van der Waals surface area contributed by atoms with E-state index in [0.717, 1.165) is 5.56 Å². The third-order valence-corrected chi connectivity index (χ3v) is 4.00. The minimum Gasteiger partial charge on any atom is -0.278 e. The average molecular weight is 284 g/mol. The van der Waals surface area contributed by atoms with Crippen LogP contribution in [-0.2, 0) is 10.0 Å². The Balaban J connectivity index is 2.37. The average Bonchev–Trinajstić information content (AvgIpc) is 2.28. The number of aryl methyl sites for hydroxylation is 1. The summed E-state index contributed by atoms with van der Waals surface area (Å²) in [6, 6.07) is 3.10. The van der Waals surface area contributed by atoms with Gasteiger partial charge in [-0.3, -0.25) is 14.7 Å². The molecule has 0 spiro atoms. The molecule has 0 aromatic carbocycles. The zero-order valence-electron chi connectivity index (χ0n) is 9.46. The molecule has 0 fully saturated rings. The molecule has 5 nitrogen and oxygen atoms in total. The molecule has 0 atom stereocenters. The van der Waals surface area contributed by atoms with Gasteiger partial charge in [0.15, 0.2) is 0 Å². The van der Waals surface area contributed by atoms with E-state index in [1.54, 1.807) is 12.3 Å². The van der Waals surface area contributed by atoms with E-state index in [1.807, 2.05) is 6.92 Å². The number of pyridine rings is 2. The van der Waals surface area contributed by atoms with Crippen LogP contribution in [0.5, 0.6) is 0 Å². The lowest BCUT2D eigenvalue weighted by molar-refractivity contribution is 0.601. The van der Waals surface area contributed by atoms with Gasteiger partial charge >= 0.3 is 0 Å². The molecule has 2 heterocycles. The van der Waals surface area contributed by atoms with E-state index in [4.69, 9.17) is 11.6 Å². The molecule has 0 radical (unpaired) electrons. The highest BCUT2D eigenvalue weighted by atomic mass is 35.5. The molecule has 0 amide bonds. The molecule has 1 N–H and O–H groups in total. The Hall–Kier alpha value is -1.66. The number of rotatable bonds is 3. The fourth-order valence-electron chi connectivity index (χ4n) is 1.38. The standard InChI is InChI=1S/C11H10ClN3O2S/c1-8-4-9(6-14-5-8)15-18(16,17)11-7-13-3-2-10(11)12/h2-7,15H,1H3. The first-order valence-corrected chi connectivity index (χ1v) is 6.89. The van der Waals surface area contributed by atoms with E-state index in [1.165, 1.54) is 24.7 Å². The van der Waals surface area contributed by atoms with Crippen molar-refractivity contribution < 1.29 is 8.42 Å². The molecule has 0 aliphatic carbocycles. The highest BCUT2D eigenvalue weighted by Crippen LogP contribution is 2.22. The maximum atomic E-state index is 12.1. The summed E-state index contributed by atoms with van der Waals surface area (Å²) in [6.45, 7) is 1.82. The highest BCUT2D eigenvalue weighted by molar-refractivity contribution is 7.92. The van der Waals surface area contributed by atoms with Crippen LogP contribution in [0.3, 0.4) is 0 Å². The summed E-state index contributed by atoms with van der Waals surface area (Å²) in [5.74, 6) is 0. The number of hydrogen-bond acceptors (Lipinski definition) is 4. The number of sulfonamides is 1. The van der Waals surface area contributed by atoms with E-state index in [0.29, 0.717) is 5.69 Å². The quantitative estimate of drug-likeness (QED) is 0.938. The fourth-order valence-corrected chi connectivity index (χ4v) is 2.85. The third-order valence-electron chi connectivity index (χ3n) is 2.15. The molecule has 2 aromatic rings. The van der Waals surface area contributed by atoms with E-state index in [-0.39, 0.29) is 9.92 Å². The van der Waals surface area contributed by atoms with Crippen LogP contribution < -0.4 is 4.72 Å². The van der Waals surface area contributed by atoms with Crippen molar-refractivity contribution >= 4 is 27.3 Å². The molecule has 2 aromatic heterocycles. The van der Waals surface area contributed by atoms with Crippen molar-refractivity contribution in [1.29, 1.82) is 0 Å². The monoisotopic (exact) mass is 283 g/mol. The summed E-state index contributed by atoms with van der Waals surface area (Å²) in [6.07, 6.45) is 5.69. The Kier molecular flexibility index (Phi) is 3.49. The molecular weight excluding hydrogens is 274 g/mol. The Morgan fingerprint density at radius 2 is 2.00 bits per heavy atom. The van der Waals surface area contributed by atoms with Crippen LogP contribution in [0.15, 0.2) is 41.8 Å². The number of halogens is 1. The first kappa shape index (κ1) is 12.8. The Morgan fingerprint density at radius 3 is 2.67 bits per heavy atom. The van der Waals surface area contributed by atoms with Crippen molar-refractivity contribution in [2.45, 2.75) is 11.8 Å². The zero-order chi connectivity index (χ0) is 13.2. The van der Waals surface area contributed by atoms with Gasteiger partial charge in [-0.2, -0.15) is 0 Å². The predicted octanol–water partition coefficient (Wildman–Crippen LogP) is 2.24. The molecular formula is C11H10ClN3O2S. The molecule has 0 aliphatic heterocycles. The minimum absolute atomic E-state index is 0.0619. The second kappa shape index (κ2) is 4.91. The van der Waals surface area contributed by atoms with Crippen LogP contribution in [0.1, 0.15) is 5.56 Å². The predicted molar refractivity (Wildman–Crippen MR) is 69.0 cm³/mol. The molecule has 0 unspecified atom stereocenters. The van der Waals surface area contributed by atoms with E-state index in [9.17, 15) is 8.42 Å². The van der Waals surface area contributed by atoms with Crippen LogP contribution in [0.2, 0.25) is 5.02 Å². The lowest BCUT2D eigenvalue weighted by Crippen LogP contribution is -2.14. The smallest absolute Gasteiger partial charge is 0.264 e. The van der Waals surface area contributed by atoms with Gasteiger partial charge in [-0.15, -0.1) is 0 Å². The van der Waals surface area contributed by atoms with Crippen molar-refractivity contribution in [1.82, 2.24) is 9.97 Å². The molecule has 0 bridgehead atoms. The van der Waals surface area contributed by atoms with Crippen LogP contribution in [0, 0.1) is 6.92 Å². The van der Waals surface area contributed by atoms with Crippen molar-refractivity contribution in [3.8, 4) is 0 Å². The van der Waals surface area contributed by atoms with Crippen LogP contribution in [0.25, 0.3) is 0 Å². The SMILES string of the molecule is Cc1cncc(NS(=O)(=O)c2cnccc2Cl)c1. The molecule has 0 saturated carbocycles. The fraction of sp³-hybridized carbons (Fsp3) is 0.0909. The van der Waals surface area contributed by atoms with Crippen molar-refractivity contribution in [3.63, 3.8) is 0 Å². The largest absolute Gasteiger partial charge is 0.278 e. The topological polar surface area (TPSA) is 72.0 Å². The first-order chi connectivity index (χ1) is 8.49. The summed E-state index contributed by atoms with van der Waals surface area (Å²) in [4.78, 5) is 7.60. The number of aromatic nitrogens is 2. The normalized spacial score (nSPS) is 11.2. The van der Waals surface area contributed by atoms with Gasteiger partial charge in [-0.05, 0) is 24.6 Å². The van der Waals surface area contributed by atoms with Gasteiger partial charge in [0, 0.05) is 18.6 Å². The first-order valence-electron chi connectivity index (χ1n) is 5.03. The third kappa shape index (κ3) is 2.77. The maximum Gasteiger partial charge on any atom is 0.264 e. The zero-order valence-corrected chi connectivity index (χ0v) is 11.0. The lowest BCUT2D eigenvalue weighted by atomic mass is 10.3. The van der Waals surface area contributed by atoms with Crippen LogP contribution in [0.4, 0.5) is 5.69 Å². The number of nitrogens with zero attached hydrogens (tertiary/aromatic N) is 2. The summed E-state index contributed by atoms with van der Waals surface area (Å²) in [5.41, 5.74) is 1.24. The van der Waals surface area contributed by atoms with Gasteiger partial charge in [-0.1, -0.05) is 11.6 Å². The molecule has 7 heteroatoms. The molecule has 2 rings (SSSR count). The Morgan fingerprint density at radius 1 is 1.22 bits per heavy atom. The summed E-state index contributed by atoms with van der Waals surface area (Å²) in [7, 11) is -3.75. The van der Waals surface area contributed by atoms with E-state index >= 15 is 0 Å². The van der Waals surface area contributed by atoms with Crippen molar-refractivity contribution in [2.75, 3.05) is 4.72 Å². The van der Waals surface area contributed by atoms with Crippen molar-refractivity contribution in [3.05, 3.63) is 47.5 Å². The Labute approximate surface area is 110 Å². The molecule has 0 saturated heterocycles. The second-order valence-corrected chi connectivity index (χ2v) is 5.72. The highest BCUT2D eigenvalue weighted by Gasteiger charge is 2.18. The van der Waals surface area contributed by atoms with Gasteiger partial charge in [0.1, 0.15) is 4.90 Å². The van der Waals surface area contributed by atoms with Gasteiger partial charge in [-0.25, -0.2) is 8.42 Å². The van der Waals surface area contributed by atoms with E-state index in [2.05, 4.69) is 14.7 Å². The van der Waals surface area contributed by atoms with Crippen LogP contribution in [-0.4, -0.2) is 18.4 Å². The minimum atomic E-state index is -3.75. The maximum absolute atomic E-state index is 12.1. The molecule has 0 aliphatic rings. The number of nitrogens with one attached hydrogen (secondary N) is 1. The van der Waals surface area contributed by atoms with Crippen LogP contribution >= 0.6 is 11.6 Å². The molecule has 94 valence electrons. The second-order valence-electron chi connectivity index (χ2n) is 3.66. The summed E-state index contributed by atoms with van der Waals surface area (Å²) < 4.78 is 26.5. The molecule has 18 heavy (non-hydrogen) atoms. The van der Waals surface area contributed by atoms with Gasteiger partial charge in [0.2, 0.25) is 0 Å². The number of hydrogen-bond donors (Lipinski definition) is 1. The lowest BCUT2D eigenvalue weighted by Gasteiger charge is -2.08. The summed E-state index contributed by atoms with van der Waals surface area (Å²) >= 11 is 5.83. The van der Waals surface area contributed by atoms with Gasteiger partial charge in [0.25, 0.3) is 10.0 Å². The number of anilines is 1. The van der Waals surface area contributed by atoms with E-state index < -0.39 is 10.0 Å². The Bertz CT molecular complexity index is 673.